The Morgan fingerprint density at radius 3 is 2.72 bits per heavy atom. The standard InChI is InChI=1S/C13H20N2O2S/c1-11-5-6-15(9-11)18(16,17)10-13-4-2-3-12(7-13)8-14/h2-4,7,11H,5-6,8-10,14H2,1H3. The van der Waals surface area contributed by atoms with E-state index < -0.39 is 10.0 Å². The molecular formula is C13H20N2O2S. The van der Waals surface area contributed by atoms with E-state index in [-0.39, 0.29) is 5.75 Å². The van der Waals surface area contributed by atoms with Crippen LogP contribution in [0.1, 0.15) is 24.5 Å². The molecule has 2 N–H and O–H groups in total. The van der Waals surface area contributed by atoms with Crippen molar-refractivity contribution in [2.75, 3.05) is 13.1 Å². The highest BCUT2D eigenvalue weighted by atomic mass is 32.2. The molecule has 1 aliphatic heterocycles. The molecule has 100 valence electrons. The first kappa shape index (κ1) is 13.5. The van der Waals surface area contributed by atoms with E-state index in [1.807, 2.05) is 24.3 Å². The third-order valence-electron chi connectivity index (χ3n) is 3.36. The number of hydrogen-bond acceptors (Lipinski definition) is 3. The molecule has 1 saturated heterocycles. The van der Waals surface area contributed by atoms with Crippen LogP contribution < -0.4 is 5.73 Å². The van der Waals surface area contributed by atoms with Crippen LogP contribution in [0, 0.1) is 5.92 Å². The molecule has 1 heterocycles. The van der Waals surface area contributed by atoms with Crippen LogP contribution in [0.2, 0.25) is 0 Å². The van der Waals surface area contributed by atoms with E-state index in [1.165, 1.54) is 0 Å². The van der Waals surface area contributed by atoms with Crippen LogP contribution in [-0.2, 0) is 22.3 Å². The van der Waals surface area contributed by atoms with Crippen LogP contribution in [0.15, 0.2) is 24.3 Å². The zero-order valence-electron chi connectivity index (χ0n) is 10.7. The SMILES string of the molecule is CC1CCN(S(=O)(=O)Cc2cccc(CN)c2)C1. The van der Waals surface area contributed by atoms with Crippen molar-refractivity contribution in [3.05, 3.63) is 35.4 Å². The van der Waals surface area contributed by atoms with Crippen LogP contribution >= 0.6 is 0 Å². The minimum Gasteiger partial charge on any atom is -0.326 e. The van der Waals surface area contributed by atoms with Gasteiger partial charge in [-0.3, -0.25) is 0 Å². The summed E-state index contributed by atoms with van der Waals surface area (Å²) in [7, 11) is -3.18. The summed E-state index contributed by atoms with van der Waals surface area (Å²) >= 11 is 0. The molecule has 0 aliphatic carbocycles. The third-order valence-corrected chi connectivity index (χ3v) is 5.17. The van der Waals surface area contributed by atoms with Crippen molar-refractivity contribution < 1.29 is 8.42 Å². The summed E-state index contributed by atoms with van der Waals surface area (Å²) in [4.78, 5) is 0. The lowest BCUT2D eigenvalue weighted by molar-refractivity contribution is 0.463. The fraction of sp³-hybridized carbons (Fsp3) is 0.538. The molecule has 1 fully saturated rings. The van der Waals surface area contributed by atoms with Crippen molar-refractivity contribution in [1.29, 1.82) is 0 Å². The molecule has 0 amide bonds. The van der Waals surface area contributed by atoms with Crippen molar-refractivity contribution >= 4 is 10.0 Å². The molecule has 1 aromatic rings. The molecule has 0 radical (unpaired) electrons. The van der Waals surface area contributed by atoms with Crippen LogP contribution in [0.4, 0.5) is 0 Å². The molecule has 1 unspecified atom stereocenters. The molecule has 1 aliphatic rings. The Morgan fingerprint density at radius 2 is 2.11 bits per heavy atom. The fourth-order valence-electron chi connectivity index (χ4n) is 2.30. The second-order valence-electron chi connectivity index (χ2n) is 5.03. The van der Waals surface area contributed by atoms with Crippen LogP contribution in [0.25, 0.3) is 0 Å². The highest BCUT2D eigenvalue weighted by Gasteiger charge is 2.29. The Hall–Kier alpha value is -0.910. The maximum Gasteiger partial charge on any atom is 0.218 e. The van der Waals surface area contributed by atoms with E-state index in [1.54, 1.807) is 4.31 Å². The number of sulfonamides is 1. The van der Waals surface area contributed by atoms with Gasteiger partial charge >= 0.3 is 0 Å². The molecule has 5 heteroatoms. The molecule has 0 saturated carbocycles. The Bertz CT molecular complexity index is 513. The summed E-state index contributed by atoms with van der Waals surface area (Å²) in [5.74, 6) is 0.545. The van der Waals surface area contributed by atoms with Crippen LogP contribution in [0.3, 0.4) is 0 Å². The van der Waals surface area contributed by atoms with Gasteiger partial charge in [0.1, 0.15) is 0 Å². The molecular weight excluding hydrogens is 248 g/mol. The maximum atomic E-state index is 12.2. The van der Waals surface area contributed by atoms with Crippen LogP contribution in [0.5, 0.6) is 0 Å². The maximum absolute atomic E-state index is 12.2. The predicted octanol–water partition coefficient (Wildman–Crippen LogP) is 1.32. The molecule has 2 rings (SSSR count). The zero-order valence-corrected chi connectivity index (χ0v) is 11.5. The predicted molar refractivity (Wildman–Crippen MR) is 72.3 cm³/mol. The number of nitrogens with two attached hydrogens (primary N) is 1. The van der Waals surface area contributed by atoms with Gasteiger partial charge in [0, 0.05) is 19.6 Å². The summed E-state index contributed by atoms with van der Waals surface area (Å²) in [6.45, 7) is 3.83. The van der Waals surface area contributed by atoms with E-state index in [0.29, 0.717) is 25.6 Å². The summed E-state index contributed by atoms with van der Waals surface area (Å²) in [6, 6.07) is 7.49. The fourth-order valence-corrected chi connectivity index (χ4v) is 3.94. The number of rotatable bonds is 4. The molecule has 4 nitrogen and oxygen atoms in total. The van der Waals surface area contributed by atoms with Gasteiger partial charge in [-0.05, 0) is 23.5 Å². The lowest BCUT2D eigenvalue weighted by Gasteiger charge is -2.16. The first-order chi connectivity index (χ1) is 8.51. The van der Waals surface area contributed by atoms with Crippen molar-refractivity contribution in [1.82, 2.24) is 4.31 Å². The average molecular weight is 268 g/mol. The van der Waals surface area contributed by atoms with Crippen molar-refractivity contribution in [3.63, 3.8) is 0 Å². The van der Waals surface area contributed by atoms with Crippen molar-refractivity contribution in [2.45, 2.75) is 25.6 Å². The van der Waals surface area contributed by atoms with Gasteiger partial charge < -0.3 is 5.73 Å². The quantitative estimate of drug-likeness (QED) is 0.895. The van der Waals surface area contributed by atoms with E-state index in [0.717, 1.165) is 17.5 Å². The van der Waals surface area contributed by atoms with E-state index in [2.05, 4.69) is 6.92 Å². The van der Waals surface area contributed by atoms with Gasteiger partial charge in [0.25, 0.3) is 0 Å². The Labute approximate surface area is 109 Å². The molecule has 0 spiro atoms. The minimum atomic E-state index is -3.18. The molecule has 0 bridgehead atoms. The van der Waals surface area contributed by atoms with Crippen molar-refractivity contribution in [2.24, 2.45) is 11.7 Å². The first-order valence-electron chi connectivity index (χ1n) is 6.27. The molecule has 1 aromatic carbocycles. The van der Waals surface area contributed by atoms with Gasteiger partial charge in [0.2, 0.25) is 10.0 Å². The van der Waals surface area contributed by atoms with Gasteiger partial charge in [-0.1, -0.05) is 31.2 Å². The monoisotopic (exact) mass is 268 g/mol. The van der Waals surface area contributed by atoms with E-state index in [4.69, 9.17) is 5.73 Å². The van der Waals surface area contributed by atoms with Gasteiger partial charge in [-0.2, -0.15) is 0 Å². The molecule has 1 atom stereocenters. The summed E-state index contributed by atoms with van der Waals surface area (Å²) in [5.41, 5.74) is 7.35. The average Bonchev–Trinajstić information content (AvgIpc) is 2.76. The second kappa shape index (κ2) is 5.38. The summed E-state index contributed by atoms with van der Waals surface area (Å²) < 4.78 is 26.1. The Morgan fingerprint density at radius 1 is 1.39 bits per heavy atom. The van der Waals surface area contributed by atoms with Gasteiger partial charge in [-0.15, -0.1) is 0 Å². The van der Waals surface area contributed by atoms with Gasteiger partial charge in [0.05, 0.1) is 5.75 Å². The zero-order chi connectivity index (χ0) is 13.2. The molecule has 18 heavy (non-hydrogen) atoms. The highest BCUT2D eigenvalue weighted by Crippen LogP contribution is 2.21. The van der Waals surface area contributed by atoms with Crippen molar-refractivity contribution in [3.8, 4) is 0 Å². The molecule has 0 aromatic heterocycles. The smallest absolute Gasteiger partial charge is 0.218 e. The number of nitrogens with zero attached hydrogens (tertiary/aromatic N) is 1. The summed E-state index contributed by atoms with van der Waals surface area (Å²) in [6.07, 6.45) is 0.960. The largest absolute Gasteiger partial charge is 0.326 e. The normalized spacial score (nSPS) is 21.3. The van der Waals surface area contributed by atoms with E-state index in [9.17, 15) is 8.42 Å². The minimum absolute atomic E-state index is 0.0769. The topological polar surface area (TPSA) is 63.4 Å². The van der Waals surface area contributed by atoms with Crippen LogP contribution in [-0.4, -0.2) is 25.8 Å². The van der Waals surface area contributed by atoms with Gasteiger partial charge in [-0.25, -0.2) is 12.7 Å². The lowest BCUT2D eigenvalue weighted by Crippen LogP contribution is -2.29. The highest BCUT2D eigenvalue weighted by molar-refractivity contribution is 7.88. The van der Waals surface area contributed by atoms with Gasteiger partial charge in [0.15, 0.2) is 0 Å². The number of benzene rings is 1. The third kappa shape index (κ3) is 3.10. The Kier molecular flexibility index (Phi) is 4.04. The first-order valence-corrected chi connectivity index (χ1v) is 7.88. The Balaban J connectivity index is 2.12. The second-order valence-corrected chi connectivity index (χ2v) is 7.00. The summed E-state index contributed by atoms with van der Waals surface area (Å²) in [5, 5.41) is 0. The van der Waals surface area contributed by atoms with E-state index >= 15 is 0 Å². The number of hydrogen-bond donors (Lipinski definition) is 1. The lowest BCUT2D eigenvalue weighted by atomic mass is 10.1.